The number of carbonyl (C=O) groups is 2. The maximum atomic E-state index is 13.3. The molecule has 1 atom stereocenters. The van der Waals surface area contributed by atoms with Crippen LogP contribution in [0.3, 0.4) is 0 Å². The summed E-state index contributed by atoms with van der Waals surface area (Å²) in [5, 5.41) is 2.82. The number of ether oxygens (including phenoxy) is 1. The quantitative estimate of drug-likeness (QED) is 0.614. The van der Waals surface area contributed by atoms with E-state index in [0.29, 0.717) is 12.0 Å². The molecule has 0 radical (unpaired) electrons. The Balaban J connectivity index is 1.68. The third kappa shape index (κ3) is 4.87. The smallest absolute Gasteiger partial charge is 0.338 e. The Bertz CT molecular complexity index is 1030. The Labute approximate surface area is 200 Å². The number of carbonyl (C=O) groups excluding carboxylic acids is 2. The van der Waals surface area contributed by atoms with Gasteiger partial charge in [-0.05, 0) is 44.3 Å². The number of aliphatic imine (C=N–C) groups is 1. The van der Waals surface area contributed by atoms with Crippen LogP contribution in [0.15, 0.2) is 51.6 Å². The number of hydrogen-bond donors (Lipinski definition) is 0. The molecule has 0 spiro atoms. The van der Waals surface area contributed by atoms with Gasteiger partial charge in [0.2, 0.25) is 5.91 Å². The molecule has 0 saturated carbocycles. The van der Waals surface area contributed by atoms with Gasteiger partial charge in [0, 0.05) is 25.3 Å². The summed E-state index contributed by atoms with van der Waals surface area (Å²) in [7, 11) is 3.50. The summed E-state index contributed by atoms with van der Waals surface area (Å²) in [6.45, 7) is 7.45. The van der Waals surface area contributed by atoms with Gasteiger partial charge >= 0.3 is 5.97 Å². The van der Waals surface area contributed by atoms with Crippen molar-refractivity contribution in [2.45, 2.75) is 39.2 Å². The Morgan fingerprint density at radius 1 is 1.21 bits per heavy atom. The second-order valence-corrected chi connectivity index (χ2v) is 9.56. The standard InChI is InChI=1S/C25H32N4O3S/c1-5-20-22(24(31)32-4)23(18-9-6-8-17(2)14-18)29-19(16-33-25(29)26-20)15-21(30)28-11-7-10-27(3)12-13-28/h6,8-9,14,16,23H,5,7,10-13,15H2,1-4H3/t23-/m1/s1. The molecule has 1 fully saturated rings. The zero-order valence-corrected chi connectivity index (χ0v) is 20.7. The maximum absolute atomic E-state index is 13.3. The predicted molar refractivity (Wildman–Crippen MR) is 132 cm³/mol. The van der Waals surface area contributed by atoms with Crippen LogP contribution in [0.1, 0.15) is 43.4 Å². The lowest BCUT2D eigenvalue weighted by molar-refractivity contribution is -0.136. The van der Waals surface area contributed by atoms with Crippen molar-refractivity contribution in [3.05, 3.63) is 57.8 Å². The van der Waals surface area contributed by atoms with Gasteiger partial charge in [-0.2, -0.15) is 0 Å². The molecule has 4 rings (SSSR count). The van der Waals surface area contributed by atoms with Crippen molar-refractivity contribution >= 4 is 28.8 Å². The molecule has 33 heavy (non-hydrogen) atoms. The van der Waals surface area contributed by atoms with E-state index in [-0.39, 0.29) is 24.3 Å². The van der Waals surface area contributed by atoms with Crippen LogP contribution in [0.2, 0.25) is 0 Å². The Hall–Kier alpha value is -2.58. The van der Waals surface area contributed by atoms with Crippen LogP contribution >= 0.6 is 11.8 Å². The number of esters is 1. The zero-order chi connectivity index (χ0) is 23.5. The summed E-state index contributed by atoms with van der Waals surface area (Å²) in [5.74, 6) is -0.259. The molecule has 3 aliphatic heterocycles. The van der Waals surface area contributed by atoms with Crippen LogP contribution in [0.5, 0.6) is 0 Å². The summed E-state index contributed by atoms with van der Waals surface area (Å²) < 4.78 is 5.19. The van der Waals surface area contributed by atoms with Crippen molar-refractivity contribution in [3.8, 4) is 0 Å². The molecule has 3 heterocycles. The molecule has 0 aromatic heterocycles. The molecule has 3 aliphatic rings. The zero-order valence-electron chi connectivity index (χ0n) is 19.8. The molecule has 8 heteroatoms. The lowest BCUT2D eigenvalue weighted by Crippen LogP contribution is -2.39. The van der Waals surface area contributed by atoms with E-state index in [1.54, 1.807) is 0 Å². The average Bonchev–Trinajstić information content (AvgIpc) is 3.07. The van der Waals surface area contributed by atoms with E-state index in [4.69, 9.17) is 9.73 Å². The third-order valence-corrected chi connectivity index (χ3v) is 7.28. The molecule has 0 N–H and O–H groups in total. The van der Waals surface area contributed by atoms with Crippen LogP contribution in [-0.2, 0) is 14.3 Å². The molecule has 1 aromatic rings. The van der Waals surface area contributed by atoms with Gasteiger partial charge in [-0.3, -0.25) is 4.79 Å². The van der Waals surface area contributed by atoms with Crippen molar-refractivity contribution in [2.75, 3.05) is 40.3 Å². The highest BCUT2D eigenvalue weighted by Gasteiger charge is 2.41. The lowest BCUT2D eigenvalue weighted by Gasteiger charge is -2.37. The number of likely N-dealkylation sites (N-methyl/N-ethyl adjacent to an activating group) is 1. The van der Waals surface area contributed by atoms with Gasteiger partial charge in [0.1, 0.15) is 0 Å². The monoisotopic (exact) mass is 468 g/mol. The highest BCUT2D eigenvalue weighted by Crippen LogP contribution is 2.45. The van der Waals surface area contributed by atoms with E-state index in [1.165, 1.54) is 18.9 Å². The van der Waals surface area contributed by atoms with E-state index < -0.39 is 0 Å². The van der Waals surface area contributed by atoms with E-state index in [2.05, 4.69) is 22.9 Å². The SMILES string of the molecule is CCC1=C(C(=O)OC)[C@@H](c2cccc(C)c2)N2C(CC(=O)N3CCCN(C)CC3)=CSC2=N1. The Kier molecular flexibility index (Phi) is 7.24. The van der Waals surface area contributed by atoms with Crippen molar-refractivity contribution < 1.29 is 14.3 Å². The molecular weight excluding hydrogens is 436 g/mol. The van der Waals surface area contributed by atoms with Gasteiger partial charge in [-0.25, -0.2) is 9.79 Å². The second-order valence-electron chi connectivity index (χ2n) is 8.73. The fourth-order valence-corrected chi connectivity index (χ4v) is 5.57. The maximum Gasteiger partial charge on any atom is 0.338 e. The first-order valence-electron chi connectivity index (χ1n) is 11.5. The van der Waals surface area contributed by atoms with Crippen molar-refractivity contribution in [1.29, 1.82) is 0 Å². The van der Waals surface area contributed by atoms with E-state index in [1.807, 2.05) is 42.4 Å². The number of fused-ring (bicyclic) bond motifs is 1. The summed E-state index contributed by atoms with van der Waals surface area (Å²) in [5.41, 5.74) is 4.27. The minimum atomic E-state index is -0.376. The Morgan fingerprint density at radius 2 is 2.03 bits per heavy atom. The molecule has 0 unspecified atom stereocenters. The number of nitrogens with zero attached hydrogens (tertiary/aromatic N) is 4. The minimum absolute atomic E-state index is 0.117. The van der Waals surface area contributed by atoms with E-state index >= 15 is 0 Å². The van der Waals surface area contributed by atoms with Crippen molar-refractivity contribution in [2.24, 2.45) is 4.99 Å². The molecular formula is C25H32N4O3S. The van der Waals surface area contributed by atoms with Crippen LogP contribution < -0.4 is 0 Å². The van der Waals surface area contributed by atoms with Crippen molar-refractivity contribution in [1.82, 2.24) is 14.7 Å². The summed E-state index contributed by atoms with van der Waals surface area (Å²) in [6, 6.07) is 7.80. The predicted octanol–water partition coefficient (Wildman–Crippen LogP) is 3.69. The topological polar surface area (TPSA) is 65.5 Å². The van der Waals surface area contributed by atoms with Gasteiger partial charge in [0.05, 0.1) is 30.8 Å². The van der Waals surface area contributed by atoms with Gasteiger partial charge < -0.3 is 19.4 Å². The highest BCUT2D eigenvalue weighted by molar-refractivity contribution is 8.16. The summed E-state index contributed by atoms with van der Waals surface area (Å²) in [6.07, 6.45) is 1.89. The van der Waals surface area contributed by atoms with Crippen LogP contribution in [0.4, 0.5) is 0 Å². The number of amides is 1. The fraction of sp³-hybridized carbons (Fsp3) is 0.480. The number of thioether (sulfide) groups is 1. The molecule has 1 amide bonds. The van der Waals surface area contributed by atoms with E-state index in [9.17, 15) is 9.59 Å². The second kappa shape index (κ2) is 10.1. The van der Waals surface area contributed by atoms with Gasteiger partial charge in [-0.15, -0.1) is 0 Å². The minimum Gasteiger partial charge on any atom is -0.466 e. The number of amidine groups is 1. The van der Waals surface area contributed by atoms with Gasteiger partial charge in [-0.1, -0.05) is 48.5 Å². The van der Waals surface area contributed by atoms with Gasteiger partial charge in [0.25, 0.3) is 0 Å². The first kappa shape index (κ1) is 23.6. The molecule has 1 aromatic carbocycles. The van der Waals surface area contributed by atoms with Crippen LogP contribution in [0.25, 0.3) is 0 Å². The largest absolute Gasteiger partial charge is 0.466 e. The number of aryl methyl sites for hydroxylation is 1. The normalized spacial score (nSPS) is 21.4. The number of methoxy groups -OCH3 is 1. The first-order valence-corrected chi connectivity index (χ1v) is 12.4. The molecule has 0 aliphatic carbocycles. The molecule has 176 valence electrons. The van der Waals surface area contributed by atoms with E-state index in [0.717, 1.165) is 60.3 Å². The average molecular weight is 469 g/mol. The number of benzene rings is 1. The molecule has 1 saturated heterocycles. The summed E-state index contributed by atoms with van der Waals surface area (Å²) in [4.78, 5) is 37.3. The first-order chi connectivity index (χ1) is 15.9. The van der Waals surface area contributed by atoms with Crippen LogP contribution in [0, 0.1) is 6.92 Å². The number of rotatable bonds is 5. The van der Waals surface area contributed by atoms with Crippen molar-refractivity contribution in [3.63, 3.8) is 0 Å². The Morgan fingerprint density at radius 3 is 2.76 bits per heavy atom. The van der Waals surface area contributed by atoms with Gasteiger partial charge in [0.15, 0.2) is 5.17 Å². The molecule has 7 nitrogen and oxygen atoms in total. The number of allylic oxidation sites excluding steroid dienone is 1. The number of hydrogen-bond acceptors (Lipinski definition) is 7. The fourth-order valence-electron chi connectivity index (χ4n) is 4.63. The molecule has 0 bridgehead atoms. The highest BCUT2D eigenvalue weighted by atomic mass is 32.2. The lowest BCUT2D eigenvalue weighted by atomic mass is 9.92. The summed E-state index contributed by atoms with van der Waals surface area (Å²) >= 11 is 1.52. The van der Waals surface area contributed by atoms with Crippen LogP contribution in [-0.4, -0.2) is 72.1 Å². The third-order valence-electron chi connectivity index (χ3n) is 6.39.